The molecular formula is C22H31NO5. The molecule has 1 aromatic carbocycles. The zero-order valence-electron chi connectivity index (χ0n) is 17.4. The maximum absolute atomic E-state index is 12.3. The van der Waals surface area contributed by atoms with E-state index in [0.717, 1.165) is 16.7 Å². The van der Waals surface area contributed by atoms with Crippen molar-refractivity contribution < 1.29 is 24.1 Å². The summed E-state index contributed by atoms with van der Waals surface area (Å²) in [5.41, 5.74) is 8.95. The largest absolute Gasteiger partial charge is 0.498 e. The van der Waals surface area contributed by atoms with Gasteiger partial charge in [-0.2, -0.15) is 0 Å². The van der Waals surface area contributed by atoms with Gasteiger partial charge < -0.3 is 25.1 Å². The van der Waals surface area contributed by atoms with Crippen molar-refractivity contribution in [2.45, 2.75) is 44.8 Å². The average molecular weight is 389 g/mol. The first-order chi connectivity index (χ1) is 13.4. The molecule has 0 spiro atoms. The number of hydrogen-bond acceptors (Lipinski definition) is 5. The average Bonchev–Trinajstić information content (AvgIpc) is 2.69. The van der Waals surface area contributed by atoms with Crippen molar-refractivity contribution in [3.63, 3.8) is 0 Å². The minimum absolute atomic E-state index is 0.0931. The van der Waals surface area contributed by atoms with Gasteiger partial charge in [0.25, 0.3) is 0 Å². The molecule has 0 aliphatic heterocycles. The third-order valence-corrected chi connectivity index (χ3v) is 5.53. The van der Waals surface area contributed by atoms with E-state index < -0.39 is 17.6 Å². The van der Waals surface area contributed by atoms with Crippen LogP contribution in [0, 0.1) is 13.8 Å². The number of unbranched alkanes of at least 4 members (excludes halogenated alkanes) is 1. The number of amides is 1. The quantitative estimate of drug-likeness (QED) is 0.634. The van der Waals surface area contributed by atoms with E-state index in [2.05, 4.69) is 0 Å². The highest BCUT2D eigenvalue weighted by atomic mass is 16.6. The van der Waals surface area contributed by atoms with Gasteiger partial charge >= 0.3 is 0 Å². The Morgan fingerprint density at radius 1 is 1.18 bits per heavy atom. The van der Waals surface area contributed by atoms with Crippen LogP contribution in [0.5, 0.6) is 0 Å². The van der Waals surface area contributed by atoms with Gasteiger partial charge in [0.2, 0.25) is 5.91 Å². The van der Waals surface area contributed by atoms with Crippen molar-refractivity contribution in [3.05, 3.63) is 52.3 Å². The summed E-state index contributed by atoms with van der Waals surface area (Å²) in [6, 6.07) is 6.00. The first-order valence-corrected chi connectivity index (χ1v) is 9.42. The van der Waals surface area contributed by atoms with Crippen molar-refractivity contribution in [3.8, 4) is 0 Å². The fraction of sp³-hybridized carbons (Fsp3) is 0.500. The van der Waals surface area contributed by atoms with Gasteiger partial charge in [-0.25, -0.2) is 0 Å². The number of aliphatic hydroxyl groups is 1. The van der Waals surface area contributed by atoms with E-state index in [1.807, 2.05) is 32.0 Å². The molecule has 1 amide bonds. The first-order valence-electron chi connectivity index (χ1n) is 9.42. The lowest BCUT2D eigenvalue weighted by Gasteiger charge is -2.43. The first kappa shape index (κ1) is 22.1. The summed E-state index contributed by atoms with van der Waals surface area (Å²) < 4.78 is 17.5. The molecule has 0 saturated heterocycles. The molecule has 2 unspecified atom stereocenters. The lowest BCUT2D eigenvalue weighted by Crippen LogP contribution is -2.51. The Morgan fingerprint density at radius 2 is 1.89 bits per heavy atom. The zero-order chi connectivity index (χ0) is 20.9. The Kier molecular flexibility index (Phi) is 7.41. The van der Waals surface area contributed by atoms with Crippen LogP contribution in [0.3, 0.4) is 0 Å². The smallest absolute Gasteiger partial charge is 0.249 e. The topological polar surface area (TPSA) is 91.0 Å². The normalized spacial score (nSPS) is 22.2. The minimum Gasteiger partial charge on any atom is -0.498 e. The van der Waals surface area contributed by atoms with E-state index in [-0.39, 0.29) is 6.61 Å². The van der Waals surface area contributed by atoms with Gasteiger partial charge in [0.05, 0.1) is 7.11 Å². The second-order valence-corrected chi connectivity index (χ2v) is 7.09. The number of nitrogens with two attached hydrogens (primary N) is 1. The third kappa shape index (κ3) is 3.99. The lowest BCUT2D eigenvalue weighted by molar-refractivity contribution is -0.115. The summed E-state index contributed by atoms with van der Waals surface area (Å²) >= 11 is 0. The van der Waals surface area contributed by atoms with Crippen LogP contribution in [0.1, 0.15) is 36.0 Å². The second kappa shape index (κ2) is 9.37. The van der Waals surface area contributed by atoms with Gasteiger partial charge in [0.15, 0.2) is 5.60 Å². The van der Waals surface area contributed by atoms with E-state index in [1.165, 1.54) is 7.11 Å². The molecule has 6 heteroatoms. The van der Waals surface area contributed by atoms with E-state index >= 15 is 0 Å². The number of methoxy groups -OCH3 is 3. The molecule has 0 radical (unpaired) electrons. The number of aliphatic hydroxyl groups excluding tert-OH is 1. The molecule has 0 bridgehead atoms. The number of aryl methyl sites for hydroxylation is 2. The fourth-order valence-corrected chi connectivity index (χ4v) is 3.86. The fourth-order valence-electron chi connectivity index (χ4n) is 3.86. The molecule has 0 fully saturated rings. The van der Waals surface area contributed by atoms with E-state index in [4.69, 9.17) is 19.9 Å². The lowest BCUT2D eigenvalue weighted by atomic mass is 9.75. The molecule has 0 saturated carbocycles. The van der Waals surface area contributed by atoms with E-state index in [9.17, 15) is 9.90 Å². The summed E-state index contributed by atoms with van der Waals surface area (Å²) in [5.74, 6) is -0.0638. The highest BCUT2D eigenvalue weighted by molar-refractivity contribution is 6.05. The highest BCUT2D eigenvalue weighted by Gasteiger charge is 2.50. The number of carbonyl (C=O) groups is 1. The predicted octanol–water partition coefficient (Wildman–Crippen LogP) is 2.65. The summed E-state index contributed by atoms with van der Waals surface area (Å²) in [6.07, 6.45) is 2.95. The summed E-state index contributed by atoms with van der Waals surface area (Å²) in [5, 5.41) is 9.21. The van der Waals surface area contributed by atoms with Gasteiger partial charge in [-0.05, 0) is 55.9 Å². The van der Waals surface area contributed by atoms with Crippen molar-refractivity contribution in [2.24, 2.45) is 5.73 Å². The zero-order valence-corrected chi connectivity index (χ0v) is 17.4. The highest BCUT2D eigenvalue weighted by Crippen LogP contribution is 2.45. The monoisotopic (exact) mass is 389 g/mol. The molecule has 154 valence electrons. The molecule has 3 N–H and O–H groups in total. The second-order valence-electron chi connectivity index (χ2n) is 7.09. The van der Waals surface area contributed by atoms with Crippen molar-refractivity contribution in [1.82, 2.24) is 0 Å². The number of carbonyl (C=O) groups excluding carboxylic acids is 1. The molecule has 0 aromatic heterocycles. The van der Waals surface area contributed by atoms with Crippen LogP contribution in [0.4, 0.5) is 0 Å². The van der Waals surface area contributed by atoms with E-state index in [0.29, 0.717) is 36.2 Å². The number of benzene rings is 1. The Morgan fingerprint density at radius 3 is 2.39 bits per heavy atom. The molecule has 0 heterocycles. The minimum atomic E-state index is -0.925. The molecular weight excluding hydrogens is 358 g/mol. The predicted molar refractivity (Wildman–Crippen MR) is 109 cm³/mol. The molecule has 1 aliphatic carbocycles. The van der Waals surface area contributed by atoms with Crippen molar-refractivity contribution in [1.29, 1.82) is 0 Å². The molecule has 1 aromatic rings. The standard InChI is InChI=1S/C22H31NO5/c1-14-8-9-16(12-15(14)2)19-17(21(23)25)13-18(26-3)22(28-5,20(19)27-4)10-6-7-11-24/h8-9,12-13,20,24H,6-7,10-11H2,1-5H3,(H2,23,25). The van der Waals surface area contributed by atoms with Crippen molar-refractivity contribution in [2.75, 3.05) is 27.9 Å². The third-order valence-electron chi connectivity index (χ3n) is 5.53. The Bertz CT molecular complexity index is 783. The number of rotatable bonds is 9. The van der Waals surface area contributed by atoms with Crippen LogP contribution in [0.2, 0.25) is 0 Å². The Labute approximate surface area is 167 Å². The maximum Gasteiger partial charge on any atom is 0.249 e. The van der Waals surface area contributed by atoms with Gasteiger partial charge in [-0.15, -0.1) is 0 Å². The van der Waals surface area contributed by atoms with Gasteiger partial charge in [-0.1, -0.05) is 18.2 Å². The maximum atomic E-state index is 12.3. The Hall–Kier alpha value is -2.15. The Balaban J connectivity index is 2.73. The van der Waals surface area contributed by atoms with Crippen LogP contribution in [0.25, 0.3) is 5.57 Å². The van der Waals surface area contributed by atoms with Gasteiger partial charge in [-0.3, -0.25) is 4.79 Å². The van der Waals surface area contributed by atoms with E-state index in [1.54, 1.807) is 20.3 Å². The summed E-state index contributed by atoms with van der Waals surface area (Å²) in [6.45, 7) is 4.15. The molecule has 28 heavy (non-hydrogen) atoms. The molecule has 6 nitrogen and oxygen atoms in total. The van der Waals surface area contributed by atoms with Crippen LogP contribution < -0.4 is 5.73 Å². The van der Waals surface area contributed by atoms with Crippen LogP contribution in [0.15, 0.2) is 35.6 Å². The number of hydrogen-bond donors (Lipinski definition) is 2. The van der Waals surface area contributed by atoms with Crippen molar-refractivity contribution >= 4 is 11.5 Å². The van der Waals surface area contributed by atoms with Crippen LogP contribution in [-0.2, 0) is 19.0 Å². The summed E-state index contributed by atoms with van der Waals surface area (Å²) in [7, 11) is 4.73. The molecule has 2 atom stereocenters. The van der Waals surface area contributed by atoms with Gasteiger partial charge in [0.1, 0.15) is 11.9 Å². The molecule has 1 aliphatic rings. The van der Waals surface area contributed by atoms with Gasteiger partial charge in [0, 0.05) is 32.0 Å². The number of ether oxygens (including phenoxy) is 3. The molecule has 2 rings (SSSR count). The van der Waals surface area contributed by atoms with Crippen LogP contribution in [-0.4, -0.2) is 50.7 Å². The SMILES string of the molecule is COC1=CC(C(N)=O)=C(c2ccc(C)c(C)c2)C(OC)C1(CCCCO)OC. The van der Waals surface area contributed by atoms with Crippen LogP contribution >= 0.6 is 0 Å². The summed E-state index contributed by atoms with van der Waals surface area (Å²) in [4.78, 5) is 12.3. The number of primary amides is 1.